The van der Waals surface area contributed by atoms with Gasteiger partial charge in [-0.3, -0.25) is 9.59 Å². The lowest BCUT2D eigenvalue weighted by molar-refractivity contribution is -0.159. The standard InChI is InChI=1S/C23H19Cl2NO3/c24-18-10-6-11-19(25)23(18)26-20-12-5-4-9-17(20)15-22(28)29-21(27)14-13-16-7-2-1-3-8-16/h1-12,26H,13-15H2. The Bertz CT molecular complexity index is 986. The molecular formula is C23H19Cl2NO3. The smallest absolute Gasteiger partial charge is 0.317 e. The summed E-state index contributed by atoms with van der Waals surface area (Å²) in [5.74, 6) is -1.15. The Kier molecular flexibility index (Phi) is 7.28. The molecule has 29 heavy (non-hydrogen) atoms. The third-order valence-corrected chi connectivity index (χ3v) is 4.89. The van der Waals surface area contributed by atoms with Crippen molar-refractivity contribution in [1.82, 2.24) is 0 Å². The molecule has 0 saturated carbocycles. The van der Waals surface area contributed by atoms with Crippen molar-refractivity contribution in [2.45, 2.75) is 19.3 Å². The minimum atomic E-state index is -0.609. The lowest BCUT2D eigenvalue weighted by Crippen LogP contribution is -2.15. The summed E-state index contributed by atoms with van der Waals surface area (Å²) in [6, 6.07) is 22.0. The van der Waals surface area contributed by atoms with Crippen molar-refractivity contribution >= 4 is 46.5 Å². The van der Waals surface area contributed by atoms with Crippen LogP contribution in [0.15, 0.2) is 72.8 Å². The van der Waals surface area contributed by atoms with Crippen LogP contribution >= 0.6 is 23.2 Å². The molecule has 0 saturated heterocycles. The molecule has 0 heterocycles. The molecule has 0 radical (unpaired) electrons. The maximum atomic E-state index is 12.2. The van der Waals surface area contributed by atoms with Crippen LogP contribution in [-0.4, -0.2) is 11.9 Å². The zero-order valence-corrected chi connectivity index (χ0v) is 17.0. The SMILES string of the molecule is O=C(CCc1ccccc1)OC(=O)Cc1ccccc1Nc1c(Cl)cccc1Cl. The number of halogens is 2. The average molecular weight is 428 g/mol. The Balaban J connectivity index is 1.61. The van der Waals surface area contributed by atoms with Gasteiger partial charge in [0.15, 0.2) is 0 Å². The highest BCUT2D eigenvalue weighted by Crippen LogP contribution is 2.33. The summed E-state index contributed by atoms with van der Waals surface area (Å²) in [4.78, 5) is 24.2. The van der Waals surface area contributed by atoms with E-state index in [1.165, 1.54) is 0 Å². The van der Waals surface area contributed by atoms with Gasteiger partial charge in [0.25, 0.3) is 0 Å². The second kappa shape index (κ2) is 10.1. The maximum Gasteiger partial charge on any atom is 0.317 e. The molecule has 0 aliphatic carbocycles. The van der Waals surface area contributed by atoms with E-state index in [1.807, 2.05) is 36.4 Å². The van der Waals surface area contributed by atoms with Crippen molar-refractivity contribution in [3.05, 3.63) is 94.0 Å². The highest BCUT2D eigenvalue weighted by atomic mass is 35.5. The lowest BCUT2D eigenvalue weighted by Gasteiger charge is -2.14. The fourth-order valence-corrected chi connectivity index (χ4v) is 3.30. The van der Waals surface area contributed by atoms with E-state index in [0.717, 1.165) is 5.56 Å². The Morgan fingerprint density at radius 1 is 0.793 bits per heavy atom. The summed E-state index contributed by atoms with van der Waals surface area (Å²) in [7, 11) is 0. The van der Waals surface area contributed by atoms with E-state index < -0.39 is 11.9 Å². The number of aryl methyl sites for hydroxylation is 1. The number of carbonyl (C=O) groups is 2. The number of carbonyl (C=O) groups excluding carboxylic acids is 2. The summed E-state index contributed by atoms with van der Waals surface area (Å²) >= 11 is 12.4. The second-order valence-electron chi connectivity index (χ2n) is 6.39. The Labute approximate surface area is 179 Å². The molecule has 1 N–H and O–H groups in total. The number of anilines is 2. The van der Waals surface area contributed by atoms with Crippen molar-refractivity contribution in [2.24, 2.45) is 0 Å². The second-order valence-corrected chi connectivity index (χ2v) is 7.20. The number of hydrogen-bond acceptors (Lipinski definition) is 4. The van der Waals surface area contributed by atoms with E-state index in [9.17, 15) is 9.59 Å². The predicted molar refractivity (Wildman–Crippen MR) is 116 cm³/mol. The van der Waals surface area contributed by atoms with E-state index in [0.29, 0.717) is 33.4 Å². The maximum absolute atomic E-state index is 12.2. The van der Waals surface area contributed by atoms with Crippen LogP contribution in [0.4, 0.5) is 11.4 Å². The number of nitrogens with one attached hydrogen (secondary N) is 1. The normalized spacial score (nSPS) is 10.4. The molecule has 0 aromatic heterocycles. The molecule has 3 rings (SSSR count). The Morgan fingerprint density at radius 2 is 1.45 bits per heavy atom. The fourth-order valence-electron chi connectivity index (χ4n) is 2.81. The van der Waals surface area contributed by atoms with Gasteiger partial charge in [0.2, 0.25) is 0 Å². The first-order chi connectivity index (χ1) is 14.0. The van der Waals surface area contributed by atoms with Gasteiger partial charge in [0, 0.05) is 5.69 Å². The molecule has 0 bridgehead atoms. The Hall–Kier alpha value is -2.82. The molecule has 3 aromatic carbocycles. The molecule has 3 aromatic rings. The number of para-hydroxylation sites is 2. The van der Waals surface area contributed by atoms with Gasteiger partial charge in [-0.05, 0) is 35.7 Å². The van der Waals surface area contributed by atoms with Crippen LogP contribution in [0.25, 0.3) is 0 Å². The minimum Gasteiger partial charge on any atom is -0.393 e. The zero-order valence-electron chi connectivity index (χ0n) is 15.5. The van der Waals surface area contributed by atoms with Gasteiger partial charge in [-0.1, -0.05) is 77.8 Å². The van der Waals surface area contributed by atoms with Crippen molar-refractivity contribution in [3.8, 4) is 0 Å². The van der Waals surface area contributed by atoms with E-state index >= 15 is 0 Å². The van der Waals surface area contributed by atoms with Crippen LogP contribution < -0.4 is 5.32 Å². The van der Waals surface area contributed by atoms with Crippen LogP contribution in [0.2, 0.25) is 10.0 Å². The van der Waals surface area contributed by atoms with E-state index in [4.69, 9.17) is 27.9 Å². The first kappa shape index (κ1) is 20.9. The summed E-state index contributed by atoms with van der Waals surface area (Å²) in [6.07, 6.45) is 0.614. The molecule has 0 fully saturated rings. The van der Waals surface area contributed by atoms with Gasteiger partial charge in [-0.15, -0.1) is 0 Å². The van der Waals surface area contributed by atoms with Crippen LogP contribution in [0.3, 0.4) is 0 Å². The third-order valence-electron chi connectivity index (χ3n) is 4.26. The first-order valence-corrected chi connectivity index (χ1v) is 9.85. The van der Waals surface area contributed by atoms with Gasteiger partial charge in [0.1, 0.15) is 0 Å². The van der Waals surface area contributed by atoms with Gasteiger partial charge < -0.3 is 10.1 Å². The molecule has 0 aliphatic rings. The number of hydrogen-bond donors (Lipinski definition) is 1. The summed E-state index contributed by atoms with van der Waals surface area (Å²) < 4.78 is 4.97. The predicted octanol–water partition coefficient (Wildman–Crippen LogP) is 5.98. The summed E-state index contributed by atoms with van der Waals surface area (Å²) in [5, 5.41) is 4.09. The summed E-state index contributed by atoms with van der Waals surface area (Å²) in [6.45, 7) is 0. The molecule has 0 unspecified atom stereocenters. The van der Waals surface area contributed by atoms with Crippen molar-refractivity contribution in [2.75, 3.05) is 5.32 Å². The molecule has 4 nitrogen and oxygen atoms in total. The van der Waals surface area contributed by atoms with Crippen LogP contribution in [-0.2, 0) is 27.2 Å². The van der Waals surface area contributed by atoms with E-state index in [2.05, 4.69) is 5.32 Å². The number of rotatable bonds is 7. The summed E-state index contributed by atoms with van der Waals surface area (Å²) in [5.41, 5.74) is 2.90. The van der Waals surface area contributed by atoms with E-state index in [-0.39, 0.29) is 12.8 Å². The number of esters is 2. The van der Waals surface area contributed by atoms with Crippen LogP contribution in [0.1, 0.15) is 17.5 Å². The monoisotopic (exact) mass is 427 g/mol. The number of benzene rings is 3. The fraction of sp³-hybridized carbons (Fsp3) is 0.130. The average Bonchev–Trinajstić information content (AvgIpc) is 2.71. The van der Waals surface area contributed by atoms with Gasteiger partial charge in [-0.25, -0.2) is 0 Å². The van der Waals surface area contributed by atoms with Crippen LogP contribution in [0.5, 0.6) is 0 Å². The lowest BCUT2D eigenvalue weighted by atomic mass is 10.1. The molecule has 148 valence electrons. The molecule has 0 atom stereocenters. The quantitative estimate of drug-likeness (QED) is 0.372. The largest absolute Gasteiger partial charge is 0.393 e. The molecule has 6 heteroatoms. The van der Waals surface area contributed by atoms with E-state index in [1.54, 1.807) is 36.4 Å². The molecule has 0 aliphatic heterocycles. The van der Waals surface area contributed by atoms with Crippen molar-refractivity contribution in [1.29, 1.82) is 0 Å². The van der Waals surface area contributed by atoms with Gasteiger partial charge >= 0.3 is 11.9 Å². The van der Waals surface area contributed by atoms with Crippen molar-refractivity contribution in [3.63, 3.8) is 0 Å². The van der Waals surface area contributed by atoms with Crippen LogP contribution in [0, 0.1) is 0 Å². The zero-order chi connectivity index (χ0) is 20.6. The third kappa shape index (κ3) is 6.08. The topological polar surface area (TPSA) is 55.4 Å². The highest BCUT2D eigenvalue weighted by molar-refractivity contribution is 6.39. The van der Waals surface area contributed by atoms with Gasteiger partial charge in [-0.2, -0.15) is 0 Å². The molecule has 0 amide bonds. The molecule has 0 spiro atoms. The number of ether oxygens (including phenoxy) is 1. The minimum absolute atomic E-state index is 0.0533. The van der Waals surface area contributed by atoms with Gasteiger partial charge in [0.05, 0.1) is 28.6 Å². The molecular weight excluding hydrogens is 409 g/mol. The first-order valence-electron chi connectivity index (χ1n) is 9.09. The highest BCUT2D eigenvalue weighted by Gasteiger charge is 2.15. The van der Waals surface area contributed by atoms with Crippen molar-refractivity contribution < 1.29 is 14.3 Å². The Morgan fingerprint density at radius 3 is 2.17 bits per heavy atom.